The largest absolute Gasteiger partial charge is 0.384 e. The van der Waals surface area contributed by atoms with Crippen molar-refractivity contribution in [2.24, 2.45) is 0 Å². The van der Waals surface area contributed by atoms with E-state index in [9.17, 15) is 13.6 Å². The fourth-order valence-corrected chi connectivity index (χ4v) is 2.56. The molecule has 5 heteroatoms. The highest BCUT2D eigenvalue weighted by atomic mass is 19.2. The molecule has 0 saturated carbocycles. The van der Waals surface area contributed by atoms with E-state index in [4.69, 9.17) is 0 Å². The van der Waals surface area contributed by atoms with E-state index in [0.29, 0.717) is 6.54 Å². The molecule has 2 aromatic carbocycles. The van der Waals surface area contributed by atoms with E-state index in [1.165, 1.54) is 12.1 Å². The molecule has 1 aliphatic heterocycles. The maximum atomic E-state index is 13.5. The molecule has 0 aliphatic carbocycles. The summed E-state index contributed by atoms with van der Waals surface area (Å²) in [5, 5.41) is 5.65. The first-order valence-electron chi connectivity index (χ1n) is 6.72. The van der Waals surface area contributed by atoms with Crippen molar-refractivity contribution in [1.82, 2.24) is 0 Å². The van der Waals surface area contributed by atoms with Crippen molar-refractivity contribution in [3.8, 4) is 0 Å². The van der Waals surface area contributed by atoms with Crippen LogP contribution in [0, 0.1) is 11.6 Å². The highest BCUT2D eigenvalue weighted by Gasteiger charge is 2.24. The molecule has 2 N–H and O–H groups in total. The summed E-state index contributed by atoms with van der Waals surface area (Å²) in [7, 11) is 0. The van der Waals surface area contributed by atoms with Gasteiger partial charge < -0.3 is 10.6 Å². The fourth-order valence-electron chi connectivity index (χ4n) is 2.56. The van der Waals surface area contributed by atoms with Crippen LogP contribution < -0.4 is 10.6 Å². The third-order valence-electron chi connectivity index (χ3n) is 3.60. The van der Waals surface area contributed by atoms with Crippen LogP contribution in [0.4, 0.5) is 20.2 Å². The van der Waals surface area contributed by atoms with Gasteiger partial charge >= 0.3 is 0 Å². The number of carbonyl (C=O) groups is 1. The van der Waals surface area contributed by atoms with Crippen LogP contribution >= 0.6 is 0 Å². The molecule has 0 bridgehead atoms. The van der Waals surface area contributed by atoms with Crippen molar-refractivity contribution >= 4 is 17.3 Å². The van der Waals surface area contributed by atoms with E-state index in [2.05, 4.69) is 10.6 Å². The Labute approximate surface area is 121 Å². The molecule has 0 fully saturated rings. The van der Waals surface area contributed by atoms with Crippen LogP contribution in [-0.4, -0.2) is 12.5 Å². The monoisotopic (exact) mass is 288 g/mol. The number of hydrogen-bond donors (Lipinski definition) is 2. The molecule has 3 nitrogen and oxygen atoms in total. The summed E-state index contributed by atoms with van der Waals surface area (Å²) in [6.45, 7) is 0.665. The summed E-state index contributed by atoms with van der Waals surface area (Å²) in [6, 6.07) is 11.5. The topological polar surface area (TPSA) is 41.1 Å². The minimum Gasteiger partial charge on any atom is -0.384 e. The lowest BCUT2D eigenvalue weighted by molar-refractivity contribution is -0.116. The molecular formula is C16H14F2N2O. The summed E-state index contributed by atoms with van der Waals surface area (Å²) in [4.78, 5) is 12.0. The number of benzene rings is 2. The first-order valence-corrected chi connectivity index (χ1v) is 6.72. The van der Waals surface area contributed by atoms with Crippen LogP contribution in [0.25, 0.3) is 0 Å². The summed E-state index contributed by atoms with van der Waals surface area (Å²) in [6.07, 6.45) is 0.222. The second kappa shape index (κ2) is 5.52. The van der Waals surface area contributed by atoms with Crippen molar-refractivity contribution in [3.63, 3.8) is 0 Å². The Balaban J connectivity index is 1.69. The van der Waals surface area contributed by atoms with Crippen LogP contribution in [-0.2, 0) is 4.79 Å². The lowest BCUT2D eigenvalue weighted by Gasteiger charge is -2.11. The van der Waals surface area contributed by atoms with Crippen LogP contribution in [0.2, 0.25) is 0 Å². The number of fused-ring (bicyclic) bond motifs is 1. The molecule has 1 heterocycles. The maximum Gasteiger partial charge on any atom is 0.225 e. The van der Waals surface area contributed by atoms with Gasteiger partial charge in [-0.2, -0.15) is 0 Å². The third-order valence-corrected chi connectivity index (χ3v) is 3.60. The van der Waals surface area contributed by atoms with Gasteiger partial charge in [-0.3, -0.25) is 4.79 Å². The molecule has 1 atom stereocenters. The van der Waals surface area contributed by atoms with Gasteiger partial charge in [0, 0.05) is 24.6 Å². The Morgan fingerprint density at radius 1 is 1.19 bits per heavy atom. The molecule has 0 radical (unpaired) electrons. The SMILES string of the molecule is O=C(CC1CNc2ccccc21)Nc1cccc(F)c1F. The molecule has 0 aromatic heterocycles. The molecule has 0 saturated heterocycles. The van der Waals surface area contributed by atoms with Crippen LogP contribution in [0.3, 0.4) is 0 Å². The summed E-state index contributed by atoms with van der Waals surface area (Å²) in [5.41, 5.74) is 1.97. The van der Waals surface area contributed by atoms with Crippen LogP contribution in [0.15, 0.2) is 42.5 Å². The number of carbonyl (C=O) groups excluding carboxylic acids is 1. The van der Waals surface area contributed by atoms with Crippen molar-refractivity contribution in [1.29, 1.82) is 0 Å². The zero-order valence-corrected chi connectivity index (χ0v) is 11.2. The average Bonchev–Trinajstić information content (AvgIpc) is 2.87. The van der Waals surface area contributed by atoms with Gasteiger partial charge in [0.05, 0.1) is 5.69 Å². The Morgan fingerprint density at radius 3 is 2.86 bits per heavy atom. The highest BCUT2D eigenvalue weighted by Crippen LogP contribution is 2.33. The number of para-hydroxylation sites is 1. The van der Waals surface area contributed by atoms with Crippen molar-refractivity contribution in [2.75, 3.05) is 17.2 Å². The summed E-state index contributed by atoms with van der Waals surface area (Å²) >= 11 is 0. The Morgan fingerprint density at radius 2 is 2.00 bits per heavy atom. The standard InChI is InChI=1S/C16H14F2N2O/c17-12-5-3-7-14(16(12)18)20-15(21)8-10-9-19-13-6-2-1-4-11(10)13/h1-7,10,19H,8-9H2,(H,20,21). The second-order valence-corrected chi connectivity index (χ2v) is 5.02. The molecule has 108 valence electrons. The van der Waals surface area contributed by atoms with Gasteiger partial charge in [-0.05, 0) is 23.8 Å². The van der Waals surface area contributed by atoms with E-state index < -0.39 is 11.6 Å². The van der Waals surface area contributed by atoms with Gasteiger partial charge in [-0.15, -0.1) is 0 Å². The molecular weight excluding hydrogens is 274 g/mol. The number of anilines is 2. The minimum absolute atomic E-state index is 0.0396. The minimum atomic E-state index is -1.03. The molecule has 1 amide bonds. The number of rotatable bonds is 3. The van der Waals surface area contributed by atoms with E-state index in [1.54, 1.807) is 0 Å². The predicted molar refractivity (Wildman–Crippen MR) is 77.3 cm³/mol. The molecule has 0 spiro atoms. The number of hydrogen-bond acceptors (Lipinski definition) is 2. The maximum absolute atomic E-state index is 13.5. The molecule has 1 unspecified atom stereocenters. The van der Waals surface area contributed by atoms with E-state index >= 15 is 0 Å². The van der Waals surface area contributed by atoms with Gasteiger partial charge in [0.25, 0.3) is 0 Å². The molecule has 21 heavy (non-hydrogen) atoms. The quantitative estimate of drug-likeness (QED) is 0.907. The Hall–Kier alpha value is -2.43. The molecule has 3 rings (SSSR count). The van der Waals surface area contributed by atoms with Gasteiger partial charge in [0.15, 0.2) is 11.6 Å². The van der Waals surface area contributed by atoms with E-state index in [0.717, 1.165) is 17.3 Å². The number of amides is 1. The number of nitrogens with one attached hydrogen (secondary N) is 2. The average molecular weight is 288 g/mol. The third kappa shape index (κ3) is 2.72. The van der Waals surface area contributed by atoms with Crippen molar-refractivity contribution in [3.05, 3.63) is 59.7 Å². The van der Waals surface area contributed by atoms with E-state index in [1.807, 2.05) is 24.3 Å². The van der Waals surface area contributed by atoms with Gasteiger partial charge in [-0.25, -0.2) is 8.78 Å². The normalized spacial score (nSPS) is 16.2. The smallest absolute Gasteiger partial charge is 0.225 e. The molecule has 2 aromatic rings. The van der Waals surface area contributed by atoms with Gasteiger partial charge in [-0.1, -0.05) is 24.3 Å². The lowest BCUT2D eigenvalue weighted by atomic mass is 9.97. The Kier molecular flexibility index (Phi) is 3.56. The molecule has 1 aliphatic rings. The Bertz CT molecular complexity index is 688. The first-order chi connectivity index (χ1) is 10.1. The highest BCUT2D eigenvalue weighted by molar-refractivity contribution is 5.91. The van der Waals surface area contributed by atoms with Gasteiger partial charge in [0.1, 0.15) is 0 Å². The number of halogens is 2. The second-order valence-electron chi connectivity index (χ2n) is 5.02. The zero-order chi connectivity index (χ0) is 14.8. The van der Waals surface area contributed by atoms with Crippen molar-refractivity contribution < 1.29 is 13.6 Å². The fraction of sp³-hybridized carbons (Fsp3) is 0.188. The first kappa shape index (κ1) is 13.5. The zero-order valence-electron chi connectivity index (χ0n) is 11.2. The summed E-state index contributed by atoms with van der Waals surface area (Å²) in [5.74, 6) is -2.29. The van der Waals surface area contributed by atoms with Gasteiger partial charge in [0.2, 0.25) is 5.91 Å². The van der Waals surface area contributed by atoms with Crippen LogP contribution in [0.5, 0.6) is 0 Å². The lowest BCUT2D eigenvalue weighted by Crippen LogP contribution is -2.17. The predicted octanol–water partition coefficient (Wildman–Crippen LogP) is 3.50. The summed E-state index contributed by atoms with van der Waals surface area (Å²) < 4.78 is 26.6. The van der Waals surface area contributed by atoms with Crippen LogP contribution in [0.1, 0.15) is 17.9 Å². The van der Waals surface area contributed by atoms with Crippen molar-refractivity contribution in [2.45, 2.75) is 12.3 Å². The van der Waals surface area contributed by atoms with E-state index in [-0.39, 0.29) is 23.9 Å².